The highest BCUT2D eigenvalue weighted by Crippen LogP contribution is 2.13. The molecule has 0 amide bonds. The summed E-state index contributed by atoms with van der Waals surface area (Å²) in [5.74, 6) is 2.25. The van der Waals surface area contributed by atoms with Gasteiger partial charge in [0.05, 0.1) is 0 Å². The third kappa shape index (κ3) is 3.73. The zero-order chi connectivity index (χ0) is 12.0. The number of nitrogen functional groups attached to an aromatic ring is 1. The molecular weight excluding hydrogens is 202 g/mol. The average molecular weight is 225 g/mol. The Kier molecular flexibility index (Phi) is 5.11. The van der Waals surface area contributed by atoms with Crippen LogP contribution < -0.4 is 11.1 Å². The lowest BCUT2D eigenvalue weighted by Gasteiger charge is -2.17. The fourth-order valence-electron chi connectivity index (χ4n) is 1.69. The summed E-state index contributed by atoms with van der Waals surface area (Å²) in [5, 5.41) is 3.24. The Bertz CT molecular complexity index is 303. The van der Waals surface area contributed by atoms with Gasteiger partial charge in [-0.3, -0.25) is 0 Å². The number of hydrogen-bond acceptors (Lipinski definition) is 4. The smallest absolute Gasteiger partial charge is 0.168 e. The van der Waals surface area contributed by atoms with Crippen molar-refractivity contribution >= 4 is 11.6 Å². The van der Waals surface area contributed by atoms with Gasteiger partial charge in [0, 0.05) is 6.54 Å². The largest absolute Gasteiger partial charge is 0.382 e. The SMILES string of the molecule is CCN(CC)CCCNc1nc(C)[nH]c1N. The minimum Gasteiger partial charge on any atom is -0.382 e. The lowest BCUT2D eigenvalue weighted by Crippen LogP contribution is -2.25. The van der Waals surface area contributed by atoms with Crippen molar-refractivity contribution in [1.29, 1.82) is 0 Å². The van der Waals surface area contributed by atoms with Crippen LogP contribution in [0.25, 0.3) is 0 Å². The van der Waals surface area contributed by atoms with Crippen LogP contribution in [0.3, 0.4) is 0 Å². The molecule has 92 valence electrons. The molecule has 0 aliphatic heterocycles. The topological polar surface area (TPSA) is 70.0 Å². The van der Waals surface area contributed by atoms with Gasteiger partial charge in [0.25, 0.3) is 0 Å². The lowest BCUT2D eigenvalue weighted by molar-refractivity contribution is 0.303. The van der Waals surface area contributed by atoms with E-state index in [2.05, 4.69) is 34.0 Å². The first-order valence-electron chi connectivity index (χ1n) is 5.95. The number of rotatable bonds is 7. The third-order valence-corrected chi connectivity index (χ3v) is 2.69. The molecule has 0 saturated carbocycles. The number of aromatic amines is 1. The van der Waals surface area contributed by atoms with E-state index in [0.29, 0.717) is 5.82 Å². The van der Waals surface area contributed by atoms with Gasteiger partial charge in [0.1, 0.15) is 11.6 Å². The Morgan fingerprint density at radius 2 is 2.06 bits per heavy atom. The Morgan fingerprint density at radius 1 is 1.38 bits per heavy atom. The summed E-state index contributed by atoms with van der Waals surface area (Å²) < 4.78 is 0. The first-order chi connectivity index (χ1) is 7.67. The first-order valence-corrected chi connectivity index (χ1v) is 5.95. The molecule has 5 heteroatoms. The summed E-state index contributed by atoms with van der Waals surface area (Å²) in [7, 11) is 0. The van der Waals surface area contributed by atoms with Crippen molar-refractivity contribution in [3.05, 3.63) is 5.82 Å². The number of H-pyrrole nitrogens is 1. The normalized spacial score (nSPS) is 11.0. The molecule has 5 nitrogen and oxygen atoms in total. The highest BCUT2D eigenvalue weighted by atomic mass is 15.1. The number of nitrogens with zero attached hydrogens (tertiary/aromatic N) is 2. The molecule has 16 heavy (non-hydrogen) atoms. The molecule has 0 aliphatic carbocycles. The van der Waals surface area contributed by atoms with Crippen LogP contribution >= 0.6 is 0 Å². The quantitative estimate of drug-likeness (QED) is 0.614. The Labute approximate surface area is 97.4 Å². The number of aryl methyl sites for hydroxylation is 1. The van der Waals surface area contributed by atoms with E-state index in [4.69, 9.17) is 5.73 Å². The first kappa shape index (κ1) is 12.8. The van der Waals surface area contributed by atoms with Gasteiger partial charge in [0.15, 0.2) is 5.82 Å². The summed E-state index contributed by atoms with van der Waals surface area (Å²) in [4.78, 5) is 9.64. The van der Waals surface area contributed by atoms with E-state index in [1.165, 1.54) is 0 Å². The van der Waals surface area contributed by atoms with E-state index in [-0.39, 0.29) is 0 Å². The van der Waals surface area contributed by atoms with Crippen molar-refractivity contribution in [1.82, 2.24) is 14.9 Å². The predicted octanol–water partition coefficient (Wildman–Crippen LogP) is 1.44. The van der Waals surface area contributed by atoms with Gasteiger partial charge in [0.2, 0.25) is 0 Å². The van der Waals surface area contributed by atoms with E-state index in [1.54, 1.807) is 0 Å². The zero-order valence-electron chi connectivity index (χ0n) is 10.5. The third-order valence-electron chi connectivity index (χ3n) is 2.69. The maximum Gasteiger partial charge on any atom is 0.168 e. The second-order valence-electron chi connectivity index (χ2n) is 3.89. The Balaban J connectivity index is 2.23. The Morgan fingerprint density at radius 3 is 2.56 bits per heavy atom. The summed E-state index contributed by atoms with van der Waals surface area (Å²) >= 11 is 0. The summed E-state index contributed by atoms with van der Waals surface area (Å²) in [6, 6.07) is 0. The second-order valence-corrected chi connectivity index (χ2v) is 3.89. The van der Waals surface area contributed by atoms with E-state index < -0.39 is 0 Å². The van der Waals surface area contributed by atoms with Crippen molar-refractivity contribution in [2.45, 2.75) is 27.2 Å². The van der Waals surface area contributed by atoms with Crippen molar-refractivity contribution in [3.8, 4) is 0 Å². The van der Waals surface area contributed by atoms with Crippen molar-refractivity contribution in [3.63, 3.8) is 0 Å². The number of imidazole rings is 1. The number of aromatic nitrogens is 2. The molecule has 1 heterocycles. The van der Waals surface area contributed by atoms with Gasteiger partial charge in [-0.1, -0.05) is 13.8 Å². The molecule has 1 aromatic rings. The number of nitrogens with two attached hydrogens (primary N) is 1. The second kappa shape index (κ2) is 6.37. The maximum atomic E-state index is 5.74. The molecule has 0 saturated heterocycles. The molecule has 1 aromatic heterocycles. The van der Waals surface area contributed by atoms with Crippen LogP contribution in [0.1, 0.15) is 26.1 Å². The molecule has 0 atom stereocenters. The lowest BCUT2D eigenvalue weighted by atomic mass is 10.3. The fourth-order valence-corrected chi connectivity index (χ4v) is 1.69. The zero-order valence-corrected chi connectivity index (χ0v) is 10.5. The highest BCUT2D eigenvalue weighted by molar-refractivity contribution is 5.56. The van der Waals surface area contributed by atoms with Crippen LogP contribution in [0.4, 0.5) is 11.6 Å². The standard InChI is InChI=1S/C11H23N5/c1-4-16(5-2)8-6-7-13-11-10(12)14-9(3)15-11/h13H,4-8,12H2,1-3H3,(H,14,15). The maximum absolute atomic E-state index is 5.74. The van der Waals surface area contributed by atoms with Crippen molar-refractivity contribution < 1.29 is 0 Å². The van der Waals surface area contributed by atoms with Crippen LogP contribution in [0, 0.1) is 6.92 Å². The van der Waals surface area contributed by atoms with E-state index >= 15 is 0 Å². The highest BCUT2D eigenvalue weighted by Gasteiger charge is 2.03. The molecule has 0 bridgehead atoms. The average Bonchev–Trinajstić information content (AvgIpc) is 2.58. The van der Waals surface area contributed by atoms with Crippen molar-refractivity contribution in [2.24, 2.45) is 0 Å². The number of anilines is 2. The summed E-state index contributed by atoms with van der Waals surface area (Å²) in [5.41, 5.74) is 5.74. The summed E-state index contributed by atoms with van der Waals surface area (Å²) in [6.45, 7) is 10.5. The predicted molar refractivity (Wildman–Crippen MR) is 68.6 cm³/mol. The van der Waals surface area contributed by atoms with E-state index in [1.807, 2.05) is 6.92 Å². The van der Waals surface area contributed by atoms with Gasteiger partial charge in [-0.2, -0.15) is 0 Å². The molecule has 0 unspecified atom stereocenters. The van der Waals surface area contributed by atoms with Gasteiger partial charge >= 0.3 is 0 Å². The molecule has 1 rings (SSSR count). The van der Waals surface area contributed by atoms with Crippen LogP contribution in [-0.4, -0.2) is 41.0 Å². The minimum atomic E-state index is 0.625. The molecule has 0 fully saturated rings. The molecule has 0 radical (unpaired) electrons. The van der Waals surface area contributed by atoms with Gasteiger partial charge in [-0.25, -0.2) is 4.98 Å². The monoisotopic (exact) mass is 225 g/mol. The van der Waals surface area contributed by atoms with E-state index in [9.17, 15) is 0 Å². The van der Waals surface area contributed by atoms with Gasteiger partial charge in [-0.15, -0.1) is 0 Å². The number of hydrogen-bond donors (Lipinski definition) is 3. The molecular formula is C11H23N5. The summed E-state index contributed by atoms with van der Waals surface area (Å²) in [6.07, 6.45) is 1.10. The van der Waals surface area contributed by atoms with E-state index in [0.717, 1.165) is 44.2 Å². The molecule has 0 aromatic carbocycles. The fraction of sp³-hybridized carbons (Fsp3) is 0.727. The molecule has 4 N–H and O–H groups in total. The van der Waals surface area contributed by atoms with Crippen LogP contribution in [0.2, 0.25) is 0 Å². The van der Waals surface area contributed by atoms with Crippen LogP contribution in [0.15, 0.2) is 0 Å². The number of nitrogens with one attached hydrogen (secondary N) is 2. The van der Waals surface area contributed by atoms with Crippen LogP contribution in [0.5, 0.6) is 0 Å². The minimum absolute atomic E-state index is 0.625. The molecule has 0 spiro atoms. The van der Waals surface area contributed by atoms with Crippen molar-refractivity contribution in [2.75, 3.05) is 37.2 Å². The van der Waals surface area contributed by atoms with Gasteiger partial charge in [-0.05, 0) is 33.0 Å². The Hall–Kier alpha value is -1.23. The van der Waals surface area contributed by atoms with Crippen LogP contribution in [-0.2, 0) is 0 Å². The molecule has 0 aliphatic rings. The van der Waals surface area contributed by atoms with Gasteiger partial charge < -0.3 is 20.9 Å².